The Morgan fingerprint density at radius 1 is 0.969 bits per heavy atom. The van der Waals surface area contributed by atoms with Crippen LogP contribution < -0.4 is 5.32 Å². The van der Waals surface area contributed by atoms with Crippen LogP contribution in [0.25, 0.3) is 0 Å². The number of rotatable bonds is 4. The minimum atomic E-state index is -4.98. The lowest BCUT2D eigenvalue weighted by atomic mass is 9.79. The van der Waals surface area contributed by atoms with Crippen LogP contribution in [0.2, 0.25) is 0 Å². The molecule has 178 valence electrons. The molecule has 0 aromatic heterocycles. The summed E-state index contributed by atoms with van der Waals surface area (Å²) in [7, 11) is 0. The van der Waals surface area contributed by atoms with Gasteiger partial charge in [0.05, 0.1) is 11.1 Å². The topological polar surface area (TPSA) is 49.4 Å². The predicted octanol–water partition coefficient (Wildman–Crippen LogP) is 5.73. The fourth-order valence-corrected chi connectivity index (χ4v) is 4.62. The monoisotopic (exact) mass is 464 g/mol. The minimum absolute atomic E-state index is 0.0162. The van der Waals surface area contributed by atoms with Crippen LogP contribution in [0, 0.1) is 17.8 Å². The quantitative estimate of drug-likeness (QED) is 0.579. The average Bonchev–Trinajstić information content (AvgIpc) is 3.14. The first-order valence-electron chi connectivity index (χ1n) is 10.7. The second kappa shape index (κ2) is 9.31. The highest BCUT2D eigenvalue weighted by Crippen LogP contribution is 2.38. The van der Waals surface area contributed by atoms with Gasteiger partial charge in [0.1, 0.15) is 0 Å². The van der Waals surface area contributed by atoms with E-state index in [1.165, 1.54) is 0 Å². The molecule has 1 unspecified atom stereocenters. The van der Waals surface area contributed by atoms with Crippen LogP contribution in [0.1, 0.15) is 56.6 Å². The molecular weight excluding hydrogens is 438 g/mol. The van der Waals surface area contributed by atoms with E-state index in [0.717, 1.165) is 25.7 Å². The van der Waals surface area contributed by atoms with Crippen molar-refractivity contribution < 1.29 is 35.9 Å². The Kier molecular flexibility index (Phi) is 7.09. The van der Waals surface area contributed by atoms with Gasteiger partial charge in [-0.25, -0.2) is 0 Å². The first-order chi connectivity index (χ1) is 14.8. The van der Waals surface area contributed by atoms with Crippen molar-refractivity contribution in [3.63, 3.8) is 0 Å². The molecule has 2 amide bonds. The minimum Gasteiger partial charge on any atom is -0.342 e. The van der Waals surface area contributed by atoms with Crippen molar-refractivity contribution in [3.05, 3.63) is 29.3 Å². The van der Waals surface area contributed by atoms with Crippen LogP contribution in [0.5, 0.6) is 0 Å². The Labute approximate surface area is 182 Å². The van der Waals surface area contributed by atoms with Gasteiger partial charge in [-0.3, -0.25) is 9.59 Å². The normalized spacial score (nSPS) is 24.5. The van der Waals surface area contributed by atoms with Crippen LogP contribution in [-0.2, 0) is 21.9 Å². The summed E-state index contributed by atoms with van der Waals surface area (Å²) in [5.41, 5.74) is -3.53. The van der Waals surface area contributed by atoms with Crippen molar-refractivity contribution in [1.29, 1.82) is 0 Å². The van der Waals surface area contributed by atoms with Crippen molar-refractivity contribution in [3.8, 4) is 0 Å². The third-order valence-corrected chi connectivity index (χ3v) is 6.37. The van der Waals surface area contributed by atoms with Crippen molar-refractivity contribution in [1.82, 2.24) is 4.90 Å². The zero-order chi connectivity index (χ0) is 23.7. The molecule has 1 saturated heterocycles. The van der Waals surface area contributed by atoms with Gasteiger partial charge in [-0.15, -0.1) is 0 Å². The summed E-state index contributed by atoms with van der Waals surface area (Å²) in [6, 6.07) is 0.993. The fourth-order valence-electron chi connectivity index (χ4n) is 4.62. The maximum Gasteiger partial charge on any atom is 0.416 e. The van der Waals surface area contributed by atoms with E-state index in [1.807, 2.05) is 0 Å². The van der Waals surface area contributed by atoms with Crippen LogP contribution in [0.3, 0.4) is 0 Å². The Balaban J connectivity index is 1.62. The molecule has 10 heteroatoms. The Morgan fingerprint density at radius 3 is 2.12 bits per heavy atom. The van der Waals surface area contributed by atoms with E-state index in [-0.39, 0.29) is 30.2 Å². The summed E-state index contributed by atoms with van der Waals surface area (Å²) in [6.07, 6.45) is -5.51. The standard InChI is InChI=1S/C22H26F6N2O2/c1-13-4-2-3-5-18(13)20(32)30-7-6-14(12-30)8-19(31)29-17-10-15(21(23,24)25)9-16(11-17)22(26,27)28/h9-11,13-14,18H,2-8,12H2,1H3,(H,29,31)/t13-,14?,18-/m0/s1. The van der Waals surface area contributed by atoms with Gasteiger partial charge in [-0.05, 0) is 49.3 Å². The summed E-state index contributed by atoms with van der Waals surface area (Å²) in [6.45, 7) is 2.93. The van der Waals surface area contributed by atoms with Crippen molar-refractivity contribution >= 4 is 17.5 Å². The molecule has 4 nitrogen and oxygen atoms in total. The van der Waals surface area contributed by atoms with E-state index in [2.05, 4.69) is 12.2 Å². The number of halogens is 6. The highest BCUT2D eigenvalue weighted by atomic mass is 19.4. The number of alkyl halides is 6. The molecule has 1 aromatic carbocycles. The number of benzene rings is 1. The Hall–Kier alpha value is -2.26. The number of carbonyl (C=O) groups excluding carboxylic acids is 2. The molecule has 2 fully saturated rings. The number of nitrogens with zero attached hydrogens (tertiary/aromatic N) is 1. The van der Waals surface area contributed by atoms with Gasteiger partial charge in [0, 0.05) is 31.1 Å². The summed E-state index contributed by atoms with van der Waals surface area (Å²) >= 11 is 0. The van der Waals surface area contributed by atoms with Gasteiger partial charge in [0.25, 0.3) is 0 Å². The number of amides is 2. The highest BCUT2D eigenvalue weighted by molar-refractivity contribution is 5.91. The number of nitrogens with one attached hydrogen (secondary N) is 1. The van der Waals surface area contributed by atoms with Crippen molar-refractivity contribution in [2.45, 2.75) is 57.8 Å². The molecule has 2 aliphatic rings. The molecule has 0 bridgehead atoms. The van der Waals surface area contributed by atoms with E-state index < -0.39 is 35.1 Å². The molecule has 1 aromatic rings. The van der Waals surface area contributed by atoms with Gasteiger partial charge in [0.15, 0.2) is 0 Å². The molecule has 3 rings (SSSR count). The lowest BCUT2D eigenvalue weighted by Gasteiger charge is -2.31. The Bertz CT molecular complexity index is 820. The summed E-state index contributed by atoms with van der Waals surface area (Å²) in [5.74, 6) is -0.508. The summed E-state index contributed by atoms with van der Waals surface area (Å²) < 4.78 is 77.9. The number of carbonyl (C=O) groups is 2. The third-order valence-electron chi connectivity index (χ3n) is 6.37. The maximum atomic E-state index is 13.0. The third kappa shape index (κ3) is 5.95. The maximum absolute atomic E-state index is 13.0. The van der Waals surface area contributed by atoms with E-state index in [0.29, 0.717) is 37.6 Å². The Morgan fingerprint density at radius 2 is 1.56 bits per heavy atom. The molecule has 1 aliphatic heterocycles. The number of hydrogen-bond acceptors (Lipinski definition) is 2. The number of hydrogen-bond donors (Lipinski definition) is 1. The van der Waals surface area contributed by atoms with Crippen LogP contribution in [0.15, 0.2) is 18.2 Å². The van der Waals surface area contributed by atoms with Crippen LogP contribution in [-0.4, -0.2) is 29.8 Å². The van der Waals surface area contributed by atoms with Gasteiger partial charge >= 0.3 is 12.4 Å². The second-order valence-corrected chi connectivity index (χ2v) is 8.85. The van der Waals surface area contributed by atoms with Crippen molar-refractivity contribution in [2.24, 2.45) is 17.8 Å². The summed E-state index contributed by atoms with van der Waals surface area (Å²) in [5, 5.41) is 2.17. The van der Waals surface area contributed by atoms with E-state index in [1.54, 1.807) is 4.90 Å². The van der Waals surface area contributed by atoms with Crippen molar-refractivity contribution in [2.75, 3.05) is 18.4 Å². The highest BCUT2D eigenvalue weighted by Gasteiger charge is 2.38. The van der Waals surface area contributed by atoms with Gasteiger partial charge in [0.2, 0.25) is 11.8 Å². The largest absolute Gasteiger partial charge is 0.416 e. The van der Waals surface area contributed by atoms with Crippen LogP contribution in [0.4, 0.5) is 32.0 Å². The first kappa shape index (κ1) is 24.4. The lowest BCUT2D eigenvalue weighted by Crippen LogP contribution is -2.38. The first-order valence-corrected chi connectivity index (χ1v) is 10.7. The number of anilines is 1. The van der Waals surface area contributed by atoms with Gasteiger partial charge < -0.3 is 10.2 Å². The van der Waals surface area contributed by atoms with Gasteiger partial charge in [-0.2, -0.15) is 26.3 Å². The molecule has 0 radical (unpaired) electrons. The molecule has 0 spiro atoms. The summed E-state index contributed by atoms with van der Waals surface area (Å²) in [4.78, 5) is 26.9. The SMILES string of the molecule is C[C@H]1CCCC[C@@H]1C(=O)N1CCC(CC(=O)Nc2cc(C(F)(F)F)cc(C(F)(F)F)c2)C1. The molecule has 32 heavy (non-hydrogen) atoms. The molecular formula is C22H26F6N2O2. The van der Waals surface area contributed by atoms with E-state index in [4.69, 9.17) is 0 Å². The smallest absolute Gasteiger partial charge is 0.342 e. The molecule has 3 atom stereocenters. The zero-order valence-corrected chi connectivity index (χ0v) is 17.7. The molecule has 1 saturated carbocycles. The fraction of sp³-hybridized carbons (Fsp3) is 0.636. The zero-order valence-electron chi connectivity index (χ0n) is 17.7. The molecule has 1 heterocycles. The lowest BCUT2D eigenvalue weighted by molar-refractivity contribution is -0.143. The van der Waals surface area contributed by atoms with E-state index in [9.17, 15) is 35.9 Å². The molecule has 1 aliphatic carbocycles. The number of likely N-dealkylation sites (tertiary alicyclic amines) is 1. The van der Waals surface area contributed by atoms with Crippen LogP contribution >= 0.6 is 0 Å². The van der Waals surface area contributed by atoms with E-state index >= 15 is 0 Å². The van der Waals surface area contributed by atoms with Gasteiger partial charge in [-0.1, -0.05) is 19.8 Å². The molecule has 1 N–H and O–H groups in total. The predicted molar refractivity (Wildman–Crippen MR) is 106 cm³/mol. The second-order valence-electron chi connectivity index (χ2n) is 8.85. The average molecular weight is 464 g/mol.